The van der Waals surface area contributed by atoms with Crippen molar-refractivity contribution < 1.29 is 14.6 Å². The third kappa shape index (κ3) is 3.25. The Labute approximate surface area is 120 Å². The zero-order valence-electron chi connectivity index (χ0n) is 11.8. The zero-order valence-corrected chi connectivity index (χ0v) is 11.8. The fourth-order valence-corrected chi connectivity index (χ4v) is 3.22. The van der Waals surface area contributed by atoms with Crippen molar-refractivity contribution in [2.24, 2.45) is 5.92 Å². The van der Waals surface area contributed by atoms with Crippen LogP contribution in [0, 0.1) is 5.92 Å². The van der Waals surface area contributed by atoms with Gasteiger partial charge in [-0.1, -0.05) is 37.8 Å². The standard InChI is InChI=1S/C16H23NO3/c18-14(8-12-4-1-2-5-12)10-17-9-13-6-3-7-15-16(13)20-11-19-15/h3,6-7,12,14,17-18H,1-2,4-5,8-11H2. The first-order valence-electron chi connectivity index (χ1n) is 7.59. The Morgan fingerprint density at radius 1 is 1.25 bits per heavy atom. The summed E-state index contributed by atoms with van der Waals surface area (Å²) >= 11 is 0. The summed E-state index contributed by atoms with van der Waals surface area (Å²) < 4.78 is 10.8. The van der Waals surface area contributed by atoms with Crippen molar-refractivity contribution in [1.82, 2.24) is 5.32 Å². The van der Waals surface area contributed by atoms with E-state index in [9.17, 15) is 5.11 Å². The summed E-state index contributed by atoms with van der Waals surface area (Å²) in [5.74, 6) is 2.38. The fraction of sp³-hybridized carbons (Fsp3) is 0.625. The molecule has 2 N–H and O–H groups in total. The SMILES string of the molecule is OC(CNCc1cccc2c1OCO2)CC1CCCC1. The molecule has 0 bridgehead atoms. The molecule has 1 saturated carbocycles. The summed E-state index contributed by atoms with van der Waals surface area (Å²) in [6.45, 7) is 1.64. The first-order valence-corrected chi connectivity index (χ1v) is 7.59. The average molecular weight is 277 g/mol. The van der Waals surface area contributed by atoms with Gasteiger partial charge in [0.1, 0.15) is 0 Å². The second-order valence-corrected chi connectivity index (χ2v) is 5.82. The van der Waals surface area contributed by atoms with Crippen LogP contribution in [0.1, 0.15) is 37.7 Å². The Balaban J connectivity index is 1.44. The predicted molar refractivity (Wildman–Crippen MR) is 76.9 cm³/mol. The molecule has 1 aromatic carbocycles. The maximum Gasteiger partial charge on any atom is 0.231 e. The number of ether oxygens (including phenoxy) is 2. The lowest BCUT2D eigenvalue weighted by Crippen LogP contribution is -2.28. The van der Waals surface area contributed by atoms with Crippen LogP contribution < -0.4 is 14.8 Å². The Morgan fingerprint density at radius 3 is 2.95 bits per heavy atom. The van der Waals surface area contributed by atoms with Gasteiger partial charge in [-0.05, 0) is 18.4 Å². The molecule has 1 fully saturated rings. The van der Waals surface area contributed by atoms with Gasteiger partial charge in [0.15, 0.2) is 11.5 Å². The molecule has 0 spiro atoms. The molecule has 4 nitrogen and oxygen atoms in total. The molecular weight excluding hydrogens is 254 g/mol. The highest BCUT2D eigenvalue weighted by atomic mass is 16.7. The summed E-state index contributed by atoms with van der Waals surface area (Å²) in [6.07, 6.45) is 5.92. The van der Waals surface area contributed by atoms with E-state index >= 15 is 0 Å². The summed E-state index contributed by atoms with van der Waals surface area (Å²) in [7, 11) is 0. The molecule has 20 heavy (non-hydrogen) atoms. The predicted octanol–water partition coefficient (Wildman–Crippen LogP) is 2.45. The van der Waals surface area contributed by atoms with Crippen LogP contribution in [0.25, 0.3) is 0 Å². The van der Waals surface area contributed by atoms with Crippen molar-refractivity contribution in [2.75, 3.05) is 13.3 Å². The third-order valence-corrected chi connectivity index (χ3v) is 4.25. The lowest BCUT2D eigenvalue weighted by molar-refractivity contribution is 0.140. The Bertz CT molecular complexity index is 443. The van der Waals surface area contributed by atoms with Gasteiger partial charge in [0.25, 0.3) is 0 Å². The van der Waals surface area contributed by atoms with Gasteiger partial charge in [0, 0.05) is 18.7 Å². The molecule has 1 atom stereocenters. The maximum atomic E-state index is 10.1. The molecule has 0 aromatic heterocycles. The highest BCUT2D eigenvalue weighted by molar-refractivity contribution is 5.48. The van der Waals surface area contributed by atoms with Crippen LogP contribution in [0.5, 0.6) is 11.5 Å². The summed E-state index contributed by atoms with van der Waals surface area (Å²) in [6, 6.07) is 5.92. The van der Waals surface area contributed by atoms with Gasteiger partial charge in [-0.3, -0.25) is 0 Å². The molecule has 2 aliphatic rings. The van der Waals surface area contributed by atoms with Crippen molar-refractivity contribution in [3.8, 4) is 11.5 Å². The minimum Gasteiger partial charge on any atom is -0.454 e. The van der Waals surface area contributed by atoms with E-state index in [1.165, 1.54) is 25.7 Å². The maximum absolute atomic E-state index is 10.1. The molecular formula is C16H23NO3. The quantitative estimate of drug-likeness (QED) is 0.838. The number of aliphatic hydroxyl groups is 1. The lowest BCUT2D eigenvalue weighted by Gasteiger charge is -2.16. The van der Waals surface area contributed by atoms with Gasteiger partial charge in [-0.25, -0.2) is 0 Å². The molecule has 1 aliphatic carbocycles. The van der Waals surface area contributed by atoms with E-state index in [-0.39, 0.29) is 6.10 Å². The molecule has 1 heterocycles. The molecule has 110 valence electrons. The molecule has 0 saturated heterocycles. The van der Waals surface area contributed by atoms with E-state index in [4.69, 9.17) is 9.47 Å². The molecule has 0 amide bonds. The van der Waals surface area contributed by atoms with Gasteiger partial charge < -0.3 is 19.9 Å². The van der Waals surface area contributed by atoms with Crippen LogP contribution in [0.2, 0.25) is 0 Å². The molecule has 1 unspecified atom stereocenters. The van der Waals surface area contributed by atoms with E-state index in [0.717, 1.165) is 29.4 Å². The monoisotopic (exact) mass is 277 g/mol. The van der Waals surface area contributed by atoms with Crippen molar-refractivity contribution in [2.45, 2.75) is 44.8 Å². The molecule has 3 rings (SSSR count). The number of hydrogen-bond acceptors (Lipinski definition) is 4. The van der Waals surface area contributed by atoms with Crippen LogP contribution in [-0.2, 0) is 6.54 Å². The smallest absolute Gasteiger partial charge is 0.231 e. The number of rotatable bonds is 6. The second kappa shape index (κ2) is 6.46. The van der Waals surface area contributed by atoms with Gasteiger partial charge >= 0.3 is 0 Å². The first kappa shape index (κ1) is 13.7. The largest absolute Gasteiger partial charge is 0.454 e. The van der Waals surface area contributed by atoms with Crippen LogP contribution >= 0.6 is 0 Å². The van der Waals surface area contributed by atoms with Gasteiger partial charge in [-0.2, -0.15) is 0 Å². The van der Waals surface area contributed by atoms with Crippen molar-refractivity contribution in [1.29, 1.82) is 0 Å². The molecule has 1 aliphatic heterocycles. The second-order valence-electron chi connectivity index (χ2n) is 5.82. The number of para-hydroxylation sites is 1. The van der Waals surface area contributed by atoms with E-state index in [1.807, 2.05) is 18.2 Å². The molecule has 1 aromatic rings. The Morgan fingerprint density at radius 2 is 2.10 bits per heavy atom. The Kier molecular flexibility index (Phi) is 4.43. The minimum atomic E-state index is -0.243. The van der Waals surface area contributed by atoms with Gasteiger partial charge in [-0.15, -0.1) is 0 Å². The number of aliphatic hydroxyl groups excluding tert-OH is 1. The molecule has 0 radical (unpaired) electrons. The lowest BCUT2D eigenvalue weighted by atomic mass is 10.00. The molecule has 4 heteroatoms. The summed E-state index contributed by atoms with van der Waals surface area (Å²) in [5.41, 5.74) is 1.09. The summed E-state index contributed by atoms with van der Waals surface area (Å²) in [4.78, 5) is 0. The normalized spacial score (nSPS) is 19.4. The number of benzene rings is 1. The van der Waals surface area contributed by atoms with E-state index < -0.39 is 0 Å². The van der Waals surface area contributed by atoms with E-state index in [0.29, 0.717) is 19.9 Å². The van der Waals surface area contributed by atoms with Gasteiger partial charge in [0.2, 0.25) is 6.79 Å². The van der Waals surface area contributed by atoms with Crippen LogP contribution in [0.4, 0.5) is 0 Å². The number of nitrogens with one attached hydrogen (secondary N) is 1. The van der Waals surface area contributed by atoms with Crippen molar-refractivity contribution in [3.63, 3.8) is 0 Å². The highest BCUT2D eigenvalue weighted by Crippen LogP contribution is 2.35. The van der Waals surface area contributed by atoms with Crippen molar-refractivity contribution in [3.05, 3.63) is 23.8 Å². The highest BCUT2D eigenvalue weighted by Gasteiger charge is 2.19. The number of fused-ring (bicyclic) bond motifs is 1. The van der Waals surface area contributed by atoms with Crippen molar-refractivity contribution >= 4 is 0 Å². The number of hydrogen-bond donors (Lipinski definition) is 2. The van der Waals surface area contributed by atoms with Crippen LogP contribution in [0.15, 0.2) is 18.2 Å². The van der Waals surface area contributed by atoms with Crippen LogP contribution in [0.3, 0.4) is 0 Å². The van der Waals surface area contributed by atoms with Crippen LogP contribution in [-0.4, -0.2) is 24.5 Å². The fourth-order valence-electron chi connectivity index (χ4n) is 3.22. The topological polar surface area (TPSA) is 50.7 Å². The summed E-state index contributed by atoms with van der Waals surface area (Å²) in [5, 5.41) is 13.4. The van der Waals surface area contributed by atoms with E-state index in [2.05, 4.69) is 5.32 Å². The van der Waals surface area contributed by atoms with Gasteiger partial charge in [0.05, 0.1) is 6.10 Å². The minimum absolute atomic E-state index is 0.243. The zero-order chi connectivity index (χ0) is 13.8. The Hall–Kier alpha value is -1.26. The third-order valence-electron chi connectivity index (χ3n) is 4.25. The first-order chi connectivity index (χ1) is 9.83. The average Bonchev–Trinajstić information content (AvgIpc) is 3.09. The van der Waals surface area contributed by atoms with E-state index in [1.54, 1.807) is 0 Å².